The molecule has 0 bridgehead atoms. The Morgan fingerprint density at radius 3 is 1.50 bits per heavy atom. The van der Waals surface area contributed by atoms with Crippen LogP contribution in [0.25, 0.3) is 0 Å². The Morgan fingerprint density at radius 2 is 1.07 bits per heavy atom. The van der Waals surface area contributed by atoms with Gasteiger partial charge in [-0.1, -0.05) is 84.0 Å². The van der Waals surface area contributed by atoms with E-state index in [0.29, 0.717) is 19.5 Å². The fourth-order valence-electron chi connectivity index (χ4n) is 3.34. The highest BCUT2D eigenvalue weighted by Gasteiger charge is 2.20. The van der Waals surface area contributed by atoms with Crippen LogP contribution in [-0.2, 0) is 9.53 Å². The molecule has 0 fully saturated rings. The fourth-order valence-corrected chi connectivity index (χ4v) is 3.34. The van der Waals surface area contributed by atoms with Crippen LogP contribution in [0, 0.1) is 0 Å². The van der Waals surface area contributed by atoms with Gasteiger partial charge in [-0.05, 0) is 27.2 Å². The lowest BCUT2D eigenvalue weighted by atomic mass is 10.0. The zero-order valence-corrected chi connectivity index (χ0v) is 20.9. The zero-order valence-electron chi connectivity index (χ0n) is 20.9. The van der Waals surface area contributed by atoms with Crippen molar-refractivity contribution in [3.05, 3.63) is 0 Å². The molecule has 0 atom stereocenters. The van der Waals surface area contributed by atoms with E-state index >= 15 is 0 Å². The van der Waals surface area contributed by atoms with Crippen molar-refractivity contribution in [3.63, 3.8) is 0 Å². The van der Waals surface area contributed by atoms with Crippen LogP contribution < -0.4 is 0 Å². The molecule has 0 saturated carbocycles. The molecule has 0 saturated heterocycles. The maximum atomic E-state index is 12.2. The number of hydrogen-bond donors (Lipinski definition) is 0. The molecule has 0 heterocycles. The molecule has 0 N–H and O–H groups in total. The van der Waals surface area contributed by atoms with Gasteiger partial charge in [0.2, 0.25) is 5.91 Å². The van der Waals surface area contributed by atoms with Crippen molar-refractivity contribution in [1.82, 2.24) is 9.80 Å². The Bertz CT molecular complexity index is 446. The Labute approximate surface area is 186 Å². The molecule has 178 valence electrons. The molecule has 0 aromatic rings. The molecular formula is C25H50N2O3. The molecule has 0 aromatic carbocycles. The lowest BCUT2D eigenvalue weighted by Gasteiger charge is -2.26. The lowest BCUT2D eigenvalue weighted by Crippen LogP contribution is -2.39. The minimum absolute atomic E-state index is 0.163. The van der Waals surface area contributed by atoms with E-state index in [1.165, 1.54) is 75.5 Å². The molecule has 30 heavy (non-hydrogen) atoms. The van der Waals surface area contributed by atoms with E-state index in [0.717, 1.165) is 12.8 Å². The van der Waals surface area contributed by atoms with Crippen molar-refractivity contribution >= 4 is 12.0 Å². The highest BCUT2D eigenvalue weighted by Crippen LogP contribution is 2.13. The fraction of sp³-hybridized carbons (Fsp3) is 0.920. The summed E-state index contributed by atoms with van der Waals surface area (Å²) in [5.41, 5.74) is -0.499. The van der Waals surface area contributed by atoms with Crippen LogP contribution in [0.5, 0.6) is 0 Å². The molecule has 5 heteroatoms. The van der Waals surface area contributed by atoms with E-state index in [2.05, 4.69) is 6.92 Å². The summed E-state index contributed by atoms with van der Waals surface area (Å²) in [5.74, 6) is 0.163. The average Bonchev–Trinajstić information content (AvgIpc) is 2.67. The second kappa shape index (κ2) is 17.4. The number of hydrogen-bond acceptors (Lipinski definition) is 3. The lowest BCUT2D eigenvalue weighted by molar-refractivity contribution is -0.130. The summed E-state index contributed by atoms with van der Waals surface area (Å²) < 4.78 is 5.33. The van der Waals surface area contributed by atoms with Crippen molar-refractivity contribution in [2.24, 2.45) is 0 Å². The van der Waals surface area contributed by atoms with Crippen molar-refractivity contribution < 1.29 is 14.3 Å². The summed E-state index contributed by atoms with van der Waals surface area (Å²) in [7, 11) is 3.52. The van der Waals surface area contributed by atoms with Crippen molar-refractivity contribution in [1.29, 1.82) is 0 Å². The second-order valence-corrected chi connectivity index (χ2v) is 9.71. The maximum Gasteiger partial charge on any atom is 0.410 e. The van der Waals surface area contributed by atoms with Gasteiger partial charge in [0, 0.05) is 33.6 Å². The van der Waals surface area contributed by atoms with E-state index in [1.807, 2.05) is 27.8 Å². The van der Waals surface area contributed by atoms with Crippen LogP contribution in [0.1, 0.15) is 118 Å². The van der Waals surface area contributed by atoms with Gasteiger partial charge in [-0.3, -0.25) is 4.79 Å². The van der Waals surface area contributed by atoms with Crippen molar-refractivity contribution in [2.45, 2.75) is 123 Å². The predicted molar refractivity (Wildman–Crippen MR) is 127 cm³/mol. The first-order valence-corrected chi connectivity index (χ1v) is 12.4. The molecule has 0 aliphatic carbocycles. The first-order chi connectivity index (χ1) is 14.2. The Kier molecular flexibility index (Phi) is 16.7. The van der Waals surface area contributed by atoms with Crippen LogP contribution in [0.15, 0.2) is 0 Å². The van der Waals surface area contributed by atoms with Gasteiger partial charge >= 0.3 is 6.09 Å². The van der Waals surface area contributed by atoms with Gasteiger partial charge in [0.1, 0.15) is 5.60 Å². The third-order valence-electron chi connectivity index (χ3n) is 5.40. The standard InChI is InChI=1S/C25H50N2O3/c1-7-8-9-10-11-12-13-14-15-16-17-18-19-20-23(28)26(5)21-22-27(6)24(29)30-25(2,3)4/h7-22H2,1-6H3. The number of unbranched alkanes of at least 4 members (excludes halogenated alkanes) is 12. The number of carbonyl (C=O) groups excluding carboxylic acids is 2. The number of likely N-dealkylation sites (N-methyl/N-ethyl adjacent to an activating group) is 2. The molecule has 0 radical (unpaired) electrons. The molecule has 0 aromatic heterocycles. The molecule has 0 rings (SSSR count). The minimum Gasteiger partial charge on any atom is -0.444 e. The van der Waals surface area contributed by atoms with E-state index in [9.17, 15) is 9.59 Å². The largest absolute Gasteiger partial charge is 0.444 e. The normalized spacial score (nSPS) is 11.4. The van der Waals surface area contributed by atoms with Gasteiger partial charge in [0.15, 0.2) is 0 Å². The Hall–Kier alpha value is -1.26. The molecule has 0 aliphatic heterocycles. The first-order valence-electron chi connectivity index (χ1n) is 12.4. The van der Waals surface area contributed by atoms with Crippen LogP contribution in [0.4, 0.5) is 4.79 Å². The summed E-state index contributed by atoms with van der Waals surface area (Å²) in [6.45, 7) is 8.84. The van der Waals surface area contributed by atoms with Crippen LogP contribution in [0.2, 0.25) is 0 Å². The number of nitrogens with zero attached hydrogens (tertiary/aromatic N) is 2. The molecular weight excluding hydrogens is 376 g/mol. The van der Waals surface area contributed by atoms with Gasteiger partial charge in [0.25, 0.3) is 0 Å². The van der Waals surface area contributed by atoms with Gasteiger partial charge < -0.3 is 14.5 Å². The van der Waals surface area contributed by atoms with E-state index < -0.39 is 5.60 Å². The quantitative estimate of drug-likeness (QED) is 0.240. The topological polar surface area (TPSA) is 49.9 Å². The molecule has 0 aliphatic rings. The van der Waals surface area contributed by atoms with Crippen molar-refractivity contribution in [2.75, 3.05) is 27.2 Å². The first kappa shape index (κ1) is 28.7. The summed E-state index contributed by atoms with van der Waals surface area (Å²) in [4.78, 5) is 27.4. The molecule has 0 spiro atoms. The van der Waals surface area contributed by atoms with E-state index in [4.69, 9.17) is 4.74 Å². The molecule has 5 nitrogen and oxygen atoms in total. The Balaban J connectivity index is 3.60. The number of rotatable bonds is 17. The summed E-state index contributed by atoms with van der Waals surface area (Å²) >= 11 is 0. The summed E-state index contributed by atoms with van der Waals surface area (Å²) in [5, 5.41) is 0. The van der Waals surface area contributed by atoms with Gasteiger partial charge in [-0.15, -0.1) is 0 Å². The highest BCUT2D eigenvalue weighted by molar-refractivity contribution is 5.75. The number of amides is 2. The predicted octanol–water partition coefficient (Wildman–Crippen LogP) is 6.79. The summed E-state index contributed by atoms with van der Waals surface area (Å²) in [6, 6.07) is 0. The van der Waals surface area contributed by atoms with Crippen LogP contribution >= 0.6 is 0 Å². The monoisotopic (exact) mass is 426 g/mol. The summed E-state index contributed by atoms with van der Waals surface area (Å²) in [6.07, 6.45) is 17.3. The smallest absolute Gasteiger partial charge is 0.410 e. The van der Waals surface area contributed by atoms with Crippen LogP contribution in [-0.4, -0.2) is 54.6 Å². The van der Waals surface area contributed by atoms with E-state index in [-0.39, 0.29) is 12.0 Å². The highest BCUT2D eigenvalue weighted by atomic mass is 16.6. The zero-order chi connectivity index (χ0) is 22.8. The molecule has 2 amide bonds. The van der Waals surface area contributed by atoms with Gasteiger partial charge in [-0.25, -0.2) is 4.79 Å². The van der Waals surface area contributed by atoms with Gasteiger partial charge in [0.05, 0.1) is 0 Å². The second-order valence-electron chi connectivity index (χ2n) is 9.71. The van der Waals surface area contributed by atoms with Gasteiger partial charge in [-0.2, -0.15) is 0 Å². The SMILES string of the molecule is CCCCCCCCCCCCCCCC(=O)N(C)CCN(C)C(=O)OC(C)(C)C. The third kappa shape index (κ3) is 17.6. The number of carbonyl (C=O) groups is 2. The van der Waals surface area contributed by atoms with Crippen molar-refractivity contribution in [3.8, 4) is 0 Å². The molecule has 0 unspecified atom stereocenters. The van der Waals surface area contributed by atoms with E-state index in [1.54, 1.807) is 11.9 Å². The maximum absolute atomic E-state index is 12.2. The average molecular weight is 427 g/mol. The van der Waals surface area contributed by atoms with Crippen LogP contribution in [0.3, 0.4) is 0 Å². The minimum atomic E-state index is -0.499. The Morgan fingerprint density at radius 1 is 0.667 bits per heavy atom. The third-order valence-corrected chi connectivity index (χ3v) is 5.40. The number of ether oxygens (including phenoxy) is 1.